The molecule has 0 heterocycles. The molecule has 0 atom stereocenters. The summed E-state index contributed by atoms with van der Waals surface area (Å²) in [6, 6.07) is 0. The van der Waals surface area contributed by atoms with E-state index < -0.39 is 18.5 Å². The third kappa shape index (κ3) is 3900. The Bertz CT molecular complexity index is 118. The Balaban J connectivity index is -0.0000000270. The van der Waals surface area contributed by atoms with Gasteiger partial charge in [-0.15, -0.1) is 0 Å². The molecule has 0 rings (SSSR count). The van der Waals surface area contributed by atoms with E-state index in [-0.39, 0.29) is 45.5 Å². The zero-order valence-corrected chi connectivity index (χ0v) is 9.38. The number of carbonyl (C=O) groups is 3. The van der Waals surface area contributed by atoms with Gasteiger partial charge in [-0.05, 0) is 18.5 Å². The van der Waals surface area contributed by atoms with Crippen LogP contribution in [0.4, 0.5) is 14.4 Å². The number of carboxylic acid groups (broad SMARTS) is 6. The number of hydrogen-bond donors (Lipinski definition) is 0. The molecular weight excluding hydrogens is 350 g/mol. The molecule has 11 heteroatoms. The van der Waals surface area contributed by atoms with Crippen LogP contribution in [-0.4, -0.2) is 18.5 Å². The first-order valence-corrected chi connectivity index (χ1v) is 1.84. The van der Waals surface area contributed by atoms with E-state index >= 15 is 0 Å². The summed E-state index contributed by atoms with van der Waals surface area (Å²) in [6.07, 6.45) is -7.00. The van der Waals surface area contributed by atoms with Crippen LogP contribution in [0, 0.1) is 35.6 Å². The fourth-order valence-corrected chi connectivity index (χ4v) is 0. The fourth-order valence-electron chi connectivity index (χ4n) is 0. The molecule has 14 heavy (non-hydrogen) atoms. The molecule has 0 N–H and O–H groups in total. The molecule has 0 saturated carbocycles. The molecule has 0 aromatic rings. The van der Waals surface area contributed by atoms with Gasteiger partial charge in [0.05, 0.1) is 0 Å². The molecule has 80 valence electrons. The summed E-state index contributed by atoms with van der Waals surface area (Å²) in [5, 5.41) is 50.0. The van der Waals surface area contributed by atoms with Crippen molar-refractivity contribution in [2.24, 2.45) is 0 Å². The topological polar surface area (TPSA) is 190 Å². The molecular formula is C3H6LaO9P. The zero-order valence-electron chi connectivity index (χ0n) is 5.75. The second kappa shape index (κ2) is 22.9. The average Bonchev–Trinajstić information content (AvgIpc) is 1.54. The molecule has 0 aromatic heterocycles. The van der Waals surface area contributed by atoms with Crippen molar-refractivity contribution < 1.29 is 80.6 Å². The van der Waals surface area contributed by atoms with E-state index in [0.717, 1.165) is 0 Å². The Kier molecular flexibility index (Phi) is 47.7. The van der Waals surface area contributed by atoms with Gasteiger partial charge in [0.25, 0.3) is 0 Å². The molecule has 0 saturated heterocycles. The summed E-state index contributed by atoms with van der Waals surface area (Å²) in [6.45, 7) is 0. The Hall–Kier alpha value is -0.565. The van der Waals surface area contributed by atoms with Crippen molar-refractivity contribution in [3.8, 4) is 0 Å². The van der Waals surface area contributed by atoms with E-state index in [1.54, 1.807) is 0 Å². The van der Waals surface area contributed by atoms with Crippen molar-refractivity contribution in [1.82, 2.24) is 0 Å². The van der Waals surface area contributed by atoms with E-state index in [2.05, 4.69) is 0 Å². The monoisotopic (exact) mass is 356 g/mol. The first kappa shape index (κ1) is 29.2. The second-order valence-corrected chi connectivity index (χ2v) is 0.750. The molecule has 0 bridgehead atoms. The molecule has 0 aliphatic carbocycles. The van der Waals surface area contributed by atoms with Gasteiger partial charge in [0, 0.05) is 0 Å². The maximum Gasteiger partial charge on any atom is 3.00 e. The molecule has 0 unspecified atom stereocenters. The summed E-state index contributed by atoms with van der Waals surface area (Å²) in [4.78, 5) is 25.0. The summed E-state index contributed by atoms with van der Waals surface area (Å²) >= 11 is 0. The van der Waals surface area contributed by atoms with Crippen LogP contribution in [0.5, 0.6) is 0 Å². The van der Waals surface area contributed by atoms with Crippen LogP contribution in [0.25, 0.3) is 0 Å². The molecule has 0 fully saturated rings. The molecule has 9 nitrogen and oxygen atoms in total. The van der Waals surface area contributed by atoms with E-state index in [1.165, 1.54) is 0 Å². The maximum atomic E-state index is 8.33. The third-order valence-electron chi connectivity index (χ3n) is 0. The Morgan fingerprint density at radius 2 is 0.571 bits per heavy atom. The van der Waals surface area contributed by atoms with Gasteiger partial charge < -0.3 is 45.0 Å². The van der Waals surface area contributed by atoms with Crippen LogP contribution in [0.15, 0.2) is 0 Å². The van der Waals surface area contributed by atoms with Crippen LogP contribution < -0.4 is 30.6 Å². The summed E-state index contributed by atoms with van der Waals surface area (Å²) < 4.78 is 0. The molecule has 0 radical (unpaired) electrons. The maximum absolute atomic E-state index is 8.33. The first-order valence-electron chi connectivity index (χ1n) is 1.84. The van der Waals surface area contributed by atoms with Gasteiger partial charge in [0.15, 0.2) is 0 Å². The molecule has 0 aromatic carbocycles. The fraction of sp³-hybridized carbons (Fsp3) is 0. The molecule has 0 amide bonds. The number of rotatable bonds is 0. The van der Waals surface area contributed by atoms with Gasteiger partial charge in [-0.2, -0.15) is 0 Å². The van der Waals surface area contributed by atoms with Crippen molar-refractivity contribution in [3.63, 3.8) is 0 Å². The van der Waals surface area contributed by atoms with E-state index in [4.69, 9.17) is 45.0 Å². The normalized spacial score (nSPS) is 5.14. The number of hydrogen-bond acceptors (Lipinski definition) is 9. The van der Waals surface area contributed by atoms with Gasteiger partial charge in [-0.1, -0.05) is 0 Å². The van der Waals surface area contributed by atoms with Crippen LogP contribution >= 0.6 is 9.90 Å². The zero-order chi connectivity index (χ0) is 10.7. The average molecular weight is 356 g/mol. The second-order valence-electron chi connectivity index (χ2n) is 0.750. The van der Waals surface area contributed by atoms with Crippen LogP contribution in [-0.2, 0) is 0 Å². The van der Waals surface area contributed by atoms with Crippen LogP contribution in [0.2, 0.25) is 0 Å². The van der Waals surface area contributed by atoms with Gasteiger partial charge >= 0.3 is 35.6 Å². The predicted molar refractivity (Wildman–Crippen MR) is 31.5 cm³/mol. The summed E-state index contributed by atoms with van der Waals surface area (Å²) in [5.41, 5.74) is 0. The van der Waals surface area contributed by atoms with Crippen LogP contribution in [0.3, 0.4) is 0 Å². The van der Waals surface area contributed by atoms with Crippen molar-refractivity contribution in [1.29, 1.82) is 0 Å². The molecule has 0 aliphatic heterocycles. The smallest absolute Gasteiger partial charge is 0.652 e. The molecule has 0 spiro atoms. The Morgan fingerprint density at radius 3 is 0.571 bits per heavy atom. The minimum atomic E-state index is -2.33. The SMILES string of the molecule is O=C([O-])[O-].O=C([O-])[O-].O=C([O-])[O-].[La+3].[PH6+3]. The van der Waals surface area contributed by atoms with Crippen molar-refractivity contribution >= 4 is 28.4 Å². The van der Waals surface area contributed by atoms with E-state index in [1.807, 2.05) is 0 Å². The molecule has 0 aliphatic rings. The minimum Gasteiger partial charge on any atom is -0.652 e. The summed E-state index contributed by atoms with van der Waals surface area (Å²) in [5.74, 6) is 0. The quantitative estimate of drug-likeness (QED) is 0.379. The van der Waals surface area contributed by atoms with E-state index in [9.17, 15) is 0 Å². The third-order valence-corrected chi connectivity index (χ3v) is 0. The van der Waals surface area contributed by atoms with E-state index in [0.29, 0.717) is 0 Å². The van der Waals surface area contributed by atoms with Gasteiger partial charge in [-0.3, -0.25) is 9.90 Å². The summed E-state index contributed by atoms with van der Waals surface area (Å²) in [7, 11) is 0. The van der Waals surface area contributed by atoms with Crippen molar-refractivity contribution in [2.45, 2.75) is 0 Å². The van der Waals surface area contributed by atoms with Crippen LogP contribution in [0.1, 0.15) is 0 Å². The predicted octanol–water partition coefficient (Wildman–Crippen LogP) is -8.09. The van der Waals surface area contributed by atoms with Gasteiger partial charge in [0.2, 0.25) is 0 Å². The van der Waals surface area contributed by atoms with Gasteiger partial charge in [0.1, 0.15) is 0 Å². The first-order chi connectivity index (χ1) is 5.20. The standard InChI is InChI=1S/3CH2O3.La.H6P/c3*2-1(3)4;;/h3*(H2,2,3,4);;1H6/q;;;2*+3/p-6. The largest absolute Gasteiger partial charge is 3.00 e. The van der Waals surface area contributed by atoms with Crippen molar-refractivity contribution in [3.05, 3.63) is 0 Å². The van der Waals surface area contributed by atoms with Gasteiger partial charge in [-0.25, -0.2) is 0 Å². The Labute approximate surface area is 109 Å². The Morgan fingerprint density at radius 1 is 0.571 bits per heavy atom. The van der Waals surface area contributed by atoms with Crippen molar-refractivity contribution in [2.75, 3.05) is 0 Å². The minimum absolute atomic E-state index is 0. The number of carbonyl (C=O) groups excluding carboxylic acids is 3.